The van der Waals surface area contributed by atoms with Gasteiger partial charge < -0.3 is 54.7 Å². The quantitative estimate of drug-likeness (QED) is 0.221. The SMILES string of the molecule is CC(C)(C)CCO[C@H]1O[C@H](CO[C@H]2O[C@H](CO)[C@@H](O)[C@H](O)[C@@H]2O)[C@@H](O)[C@H](O)[C@@H]1O. The number of aliphatic hydroxyl groups is 7. The van der Waals surface area contributed by atoms with E-state index in [2.05, 4.69) is 0 Å². The summed E-state index contributed by atoms with van der Waals surface area (Å²) in [4.78, 5) is 0. The van der Waals surface area contributed by atoms with Crippen LogP contribution in [0.15, 0.2) is 0 Å². The van der Waals surface area contributed by atoms with Crippen LogP contribution in [-0.2, 0) is 18.9 Å². The molecule has 0 amide bonds. The Balaban J connectivity index is 1.94. The van der Waals surface area contributed by atoms with Crippen molar-refractivity contribution in [2.45, 2.75) is 88.6 Å². The maximum absolute atomic E-state index is 10.2. The molecule has 0 aromatic carbocycles. The second-order valence-corrected chi connectivity index (χ2v) is 8.73. The van der Waals surface area contributed by atoms with E-state index in [1.165, 1.54) is 0 Å². The second-order valence-electron chi connectivity index (χ2n) is 8.73. The van der Waals surface area contributed by atoms with E-state index < -0.39 is 68.0 Å². The molecule has 0 bridgehead atoms. The molecule has 2 aliphatic heterocycles. The van der Waals surface area contributed by atoms with E-state index in [4.69, 9.17) is 18.9 Å². The van der Waals surface area contributed by atoms with Crippen molar-refractivity contribution in [2.24, 2.45) is 5.41 Å². The summed E-state index contributed by atoms with van der Waals surface area (Å²) in [5.41, 5.74) is -0.0105. The molecule has 0 aliphatic carbocycles. The summed E-state index contributed by atoms with van der Waals surface area (Å²) < 4.78 is 21.6. The Hall–Kier alpha value is -0.440. The van der Waals surface area contributed by atoms with Crippen LogP contribution in [0.5, 0.6) is 0 Å². The third-order valence-corrected chi connectivity index (χ3v) is 5.08. The molecule has 0 radical (unpaired) electrons. The molecule has 10 atom stereocenters. The molecule has 2 saturated heterocycles. The first kappa shape index (κ1) is 24.8. The zero-order valence-electron chi connectivity index (χ0n) is 16.9. The van der Waals surface area contributed by atoms with E-state index in [-0.39, 0.29) is 18.6 Å². The smallest absolute Gasteiger partial charge is 0.186 e. The summed E-state index contributed by atoms with van der Waals surface area (Å²) in [6.07, 6.45) is -13.5. The highest BCUT2D eigenvalue weighted by molar-refractivity contribution is 4.91. The van der Waals surface area contributed by atoms with Crippen LogP contribution in [-0.4, -0.2) is 117 Å². The highest BCUT2D eigenvalue weighted by Crippen LogP contribution is 2.26. The second kappa shape index (κ2) is 10.2. The highest BCUT2D eigenvalue weighted by Gasteiger charge is 2.47. The fourth-order valence-corrected chi connectivity index (χ4v) is 3.07. The first-order valence-electron chi connectivity index (χ1n) is 9.69. The van der Waals surface area contributed by atoms with Crippen molar-refractivity contribution >= 4 is 0 Å². The average Bonchev–Trinajstić information content (AvgIpc) is 2.65. The van der Waals surface area contributed by atoms with Crippen molar-refractivity contribution in [1.29, 1.82) is 0 Å². The number of aliphatic hydroxyl groups excluding tert-OH is 7. The Morgan fingerprint density at radius 2 is 1.17 bits per heavy atom. The molecule has 0 aromatic heterocycles. The van der Waals surface area contributed by atoms with Crippen molar-refractivity contribution in [2.75, 3.05) is 19.8 Å². The lowest BCUT2D eigenvalue weighted by molar-refractivity contribution is -0.331. The van der Waals surface area contributed by atoms with Gasteiger partial charge in [0, 0.05) is 0 Å². The van der Waals surface area contributed by atoms with Crippen LogP contribution in [0, 0.1) is 5.41 Å². The molecule has 7 N–H and O–H groups in total. The van der Waals surface area contributed by atoms with Gasteiger partial charge in [0.1, 0.15) is 48.8 Å². The normalized spacial score (nSPS) is 44.1. The van der Waals surface area contributed by atoms with Gasteiger partial charge in [-0.2, -0.15) is 0 Å². The molecule has 29 heavy (non-hydrogen) atoms. The minimum atomic E-state index is -1.61. The first-order chi connectivity index (χ1) is 13.5. The van der Waals surface area contributed by atoms with Crippen LogP contribution in [0.25, 0.3) is 0 Å². The van der Waals surface area contributed by atoms with E-state index in [0.717, 1.165) is 0 Å². The monoisotopic (exact) mass is 426 g/mol. The largest absolute Gasteiger partial charge is 0.394 e. The van der Waals surface area contributed by atoms with Crippen molar-refractivity contribution in [3.8, 4) is 0 Å². The Bertz CT molecular complexity index is 497. The summed E-state index contributed by atoms with van der Waals surface area (Å²) in [5, 5.41) is 69.1. The number of hydrogen-bond acceptors (Lipinski definition) is 11. The standard InChI is InChI=1S/C18H34O11/c1-18(2,3)4-5-26-16-14(24)13(23)11(21)9(29-16)7-27-17-15(25)12(22)10(20)8(6-19)28-17/h8-17,19-25H,4-7H2,1-3H3/t8-,9-,10-,11-,12+,13+,14+,15+,16+,17+/m1/s1. The average molecular weight is 426 g/mol. The predicted octanol–water partition coefficient (Wildman–Crippen LogP) is -2.94. The fourth-order valence-electron chi connectivity index (χ4n) is 3.07. The minimum Gasteiger partial charge on any atom is -0.394 e. The number of rotatable bonds is 7. The van der Waals surface area contributed by atoms with E-state index >= 15 is 0 Å². The van der Waals surface area contributed by atoms with Gasteiger partial charge in [-0.05, 0) is 11.8 Å². The Labute approximate surface area is 169 Å². The maximum atomic E-state index is 10.2. The van der Waals surface area contributed by atoms with Crippen molar-refractivity contribution < 1.29 is 54.7 Å². The Kier molecular flexibility index (Phi) is 8.77. The van der Waals surface area contributed by atoms with E-state index in [9.17, 15) is 35.7 Å². The van der Waals surface area contributed by atoms with Crippen LogP contribution in [0.1, 0.15) is 27.2 Å². The topological polar surface area (TPSA) is 179 Å². The molecule has 2 heterocycles. The third kappa shape index (κ3) is 6.28. The molecule has 0 aromatic rings. The van der Waals surface area contributed by atoms with Crippen molar-refractivity contribution in [3.05, 3.63) is 0 Å². The number of hydrogen-bond donors (Lipinski definition) is 7. The van der Waals surface area contributed by atoms with E-state index in [0.29, 0.717) is 6.42 Å². The first-order valence-corrected chi connectivity index (χ1v) is 9.69. The summed E-state index contributed by atoms with van der Waals surface area (Å²) >= 11 is 0. The van der Waals surface area contributed by atoms with Gasteiger partial charge in [0.05, 0.1) is 19.8 Å². The molecule has 2 rings (SSSR count). The molecule has 0 saturated carbocycles. The zero-order valence-corrected chi connectivity index (χ0v) is 16.9. The number of ether oxygens (including phenoxy) is 4. The zero-order chi connectivity index (χ0) is 21.9. The van der Waals surface area contributed by atoms with Gasteiger partial charge in [-0.15, -0.1) is 0 Å². The van der Waals surface area contributed by atoms with Gasteiger partial charge in [0.15, 0.2) is 12.6 Å². The van der Waals surface area contributed by atoms with Gasteiger partial charge in [-0.3, -0.25) is 0 Å². The minimum absolute atomic E-state index is 0.0105. The lowest BCUT2D eigenvalue weighted by Gasteiger charge is -2.42. The molecular formula is C18H34O11. The molecule has 11 heteroatoms. The fraction of sp³-hybridized carbons (Fsp3) is 1.00. The third-order valence-electron chi connectivity index (χ3n) is 5.08. The maximum Gasteiger partial charge on any atom is 0.186 e. The van der Waals surface area contributed by atoms with Crippen molar-refractivity contribution in [3.63, 3.8) is 0 Å². The Morgan fingerprint density at radius 3 is 1.69 bits per heavy atom. The summed E-state index contributed by atoms with van der Waals surface area (Å²) in [6.45, 7) is 5.32. The van der Waals surface area contributed by atoms with E-state index in [1.807, 2.05) is 20.8 Å². The van der Waals surface area contributed by atoms with Crippen LogP contribution in [0.3, 0.4) is 0 Å². The lowest BCUT2D eigenvalue weighted by Crippen LogP contribution is -2.61. The van der Waals surface area contributed by atoms with Gasteiger partial charge in [-0.1, -0.05) is 20.8 Å². The van der Waals surface area contributed by atoms with E-state index in [1.54, 1.807) is 0 Å². The molecule has 0 spiro atoms. The molecule has 172 valence electrons. The van der Waals surface area contributed by atoms with Crippen LogP contribution < -0.4 is 0 Å². The lowest BCUT2D eigenvalue weighted by atomic mass is 9.93. The van der Waals surface area contributed by atoms with Crippen molar-refractivity contribution in [1.82, 2.24) is 0 Å². The van der Waals surface area contributed by atoms with Crippen LogP contribution in [0.2, 0.25) is 0 Å². The summed E-state index contributed by atoms with van der Waals surface area (Å²) in [5.74, 6) is 0. The van der Waals surface area contributed by atoms with Gasteiger partial charge in [0.2, 0.25) is 0 Å². The van der Waals surface area contributed by atoms with Gasteiger partial charge in [-0.25, -0.2) is 0 Å². The summed E-state index contributed by atoms with van der Waals surface area (Å²) in [6, 6.07) is 0. The highest BCUT2D eigenvalue weighted by atomic mass is 16.7. The van der Waals surface area contributed by atoms with Gasteiger partial charge >= 0.3 is 0 Å². The molecule has 2 aliphatic rings. The molecule has 0 unspecified atom stereocenters. The predicted molar refractivity (Wildman–Crippen MR) is 96.4 cm³/mol. The summed E-state index contributed by atoms with van der Waals surface area (Å²) in [7, 11) is 0. The molecule has 2 fully saturated rings. The van der Waals surface area contributed by atoms with Crippen LogP contribution in [0.4, 0.5) is 0 Å². The van der Waals surface area contributed by atoms with Gasteiger partial charge in [0.25, 0.3) is 0 Å². The van der Waals surface area contributed by atoms with Crippen LogP contribution >= 0.6 is 0 Å². The molecule has 11 nitrogen and oxygen atoms in total. The Morgan fingerprint density at radius 1 is 0.690 bits per heavy atom. The molecular weight excluding hydrogens is 392 g/mol.